The van der Waals surface area contributed by atoms with Gasteiger partial charge >= 0.3 is 0 Å². The van der Waals surface area contributed by atoms with Crippen LogP contribution in [0.4, 0.5) is 0 Å². The average Bonchev–Trinajstić information content (AvgIpc) is 3.00. The summed E-state index contributed by atoms with van der Waals surface area (Å²) in [7, 11) is 0. The van der Waals surface area contributed by atoms with Gasteiger partial charge in [0.05, 0.1) is 19.5 Å². The summed E-state index contributed by atoms with van der Waals surface area (Å²) >= 11 is 0. The van der Waals surface area contributed by atoms with Crippen molar-refractivity contribution in [2.24, 2.45) is 5.41 Å². The molecule has 1 unspecified atom stereocenters. The zero-order valence-electron chi connectivity index (χ0n) is 11.2. The smallest absolute Gasteiger partial charge is 0.0873 e. The molecule has 0 amide bonds. The second kappa shape index (κ2) is 6.44. The second-order valence-electron chi connectivity index (χ2n) is 5.61. The lowest BCUT2D eigenvalue weighted by atomic mass is 9.80. The highest BCUT2D eigenvalue weighted by Gasteiger charge is 2.32. The quantitative estimate of drug-likeness (QED) is 0.513. The maximum Gasteiger partial charge on any atom is 0.0873 e. The van der Waals surface area contributed by atoms with Crippen molar-refractivity contribution in [3.05, 3.63) is 11.8 Å². The van der Waals surface area contributed by atoms with E-state index in [1.54, 1.807) is 0 Å². The molecule has 1 saturated heterocycles. The normalized spacial score (nSPS) is 28.6. The van der Waals surface area contributed by atoms with Gasteiger partial charge in [-0.15, -0.1) is 0 Å². The van der Waals surface area contributed by atoms with Crippen LogP contribution in [0.2, 0.25) is 0 Å². The molecule has 2 nitrogen and oxygen atoms in total. The molecule has 1 aliphatic carbocycles. The van der Waals surface area contributed by atoms with Gasteiger partial charge in [-0.05, 0) is 62.4 Å². The Bertz CT molecular complexity index is 244. The minimum absolute atomic E-state index is 0.462. The monoisotopic (exact) mass is 238 g/mol. The van der Waals surface area contributed by atoms with Gasteiger partial charge in [0.25, 0.3) is 0 Å². The van der Waals surface area contributed by atoms with Gasteiger partial charge in [-0.1, -0.05) is 6.92 Å². The maximum absolute atomic E-state index is 5.66. The van der Waals surface area contributed by atoms with E-state index < -0.39 is 0 Å². The van der Waals surface area contributed by atoms with E-state index in [2.05, 4.69) is 6.92 Å². The maximum atomic E-state index is 5.66. The van der Waals surface area contributed by atoms with Crippen LogP contribution in [-0.2, 0) is 9.47 Å². The Morgan fingerprint density at radius 2 is 2.18 bits per heavy atom. The number of hydrogen-bond acceptors (Lipinski definition) is 2. The molecular formula is C15H26O2. The van der Waals surface area contributed by atoms with Gasteiger partial charge in [-0.3, -0.25) is 0 Å². The third-order valence-corrected chi connectivity index (χ3v) is 4.40. The lowest BCUT2D eigenvalue weighted by Crippen LogP contribution is -2.20. The molecule has 2 fully saturated rings. The van der Waals surface area contributed by atoms with Crippen molar-refractivity contribution in [2.45, 2.75) is 58.3 Å². The third kappa shape index (κ3) is 3.74. The van der Waals surface area contributed by atoms with E-state index in [1.807, 2.05) is 6.26 Å². The predicted molar refractivity (Wildman–Crippen MR) is 69.9 cm³/mol. The standard InChI is InChI=1S/C15H26O2/c1-2-15(9-11-17-13-15)8-5-10-16-12-14-6-3-4-7-14/h12H,2-11,13H2,1H3. The molecular weight excluding hydrogens is 212 g/mol. The van der Waals surface area contributed by atoms with E-state index in [4.69, 9.17) is 9.47 Å². The topological polar surface area (TPSA) is 18.5 Å². The highest BCUT2D eigenvalue weighted by atomic mass is 16.5. The van der Waals surface area contributed by atoms with Crippen LogP contribution in [0.25, 0.3) is 0 Å². The summed E-state index contributed by atoms with van der Waals surface area (Å²) in [5, 5.41) is 0. The number of hydrogen-bond donors (Lipinski definition) is 0. The Morgan fingerprint density at radius 3 is 2.82 bits per heavy atom. The summed E-state index contributed by atoms with van der Waals surface area (Å²) < 4.78 is 11.2. The summed E-state index contributed by atoms with van der Waals surface area (Å²) in [6, 6.07) is 0. The average molecular weight is 238 g/mol. The molecule has 1 heterocycles. The van der Waals surface area contributed by atoms with E-state index in [9.17, 15) is 0 Å². The number of ether oxygens (including phenoxy) is 2. The van der Waals surface area contributed by atoms with Crippen molar-refractivity contribution in [2.75, 3.05) is 19.8 Å². The van der Waals surface area contributed by atoms with Gasteiger partial charge in [-0.25, -0.2) is 0 Å². The molecule has 0 radical (unpaired) electrons. The van der Waals surface area contributed by atoms with Crippen LogP contribution in [0.5, 0.6) is 0 Å². The Morgan fingerprint density at radius 1 is 1.35 bits per heavy atom. The molecule has 0 bridgehead atoms. The highest BCUT2D eigenvalue weighted by molar-refractivity contribution is 5.02. The molecule has 1 saturated carbocycles. The van der Waals surface area contributed by atoms with Crippen LogP contribution >= 0.6 is 0 Å². The molecule has 0 aromatic carbocycles. The molecule has 0 aromatic heterocycles. The Kier molecular flexibility index (Phi) is 4.90. The van der Waals surface area contributed by atoms with Crippen LogP contribution in [0.15, 0.2) is 11.8 Å². The first kappa shape index (κ1) is 12.9. The van der Waals surface area contributed by atoms with Gasteiger partial charge < -0.3 is 9.47 Å². The molecule has 1 aliphatic heterocycles. The third-order valence-electron chi connectivity index (χ3n) is 4.40. The summed E-state index contributed by atoms with van der Waals surface area (Å²) in [4.78, 5) is 0. The summed E-state index contributed by atoms with van der Waals surface area (Å²) in [5.41, 5.74) is 1.98. The highest BCUT2D eigenvalue weighted by Crippen LogP contribution is 2.36. The molecule has 2 rings (SSSR count). The Balaban J connectivity index is 1.60. The zero-order chi connectivity index (χ0) is 12.0. The molecule has 1 atom stereocenters. The molecule has 98 valence electrons. The molecule has 0 aromatic rings. The minimum Gasteiger partial charge on any atom is -0.501 e. The van der Waals surface area contributed by atoms with Crippen LogP contribution in [0.1, 0.15) is 58.3 Å². The minimum atomic E-state index is 0.462. The van der Waals surface area contributed by atoms with Gasteiger partial charge in [-0.2, -0.15) is 0 Å². The van der Waals surface area contributed by atoms with E-state index in [1.165, 1.54) is 56.9 Å². The largest absolute Gasteiger partial charge is 0.501 e. The molecule has 0 N–H and O–H groups in total. The van der Waals surface area contributed by atoms with Gasteiger partial charge in [0.2, 0.25) is 0 Å². The second-order valence-corrected chi connectivity index (χ2v) is 5.61. The number of rotatable bonds is 6. The fourth-order valence-corrected chi connectivity index (χ4v) is 2.96. The molecule has 0 spiro atoms. The van der Waals surface area contributed by atoms with Crippen molar-refractivity contribution in [1.82, 2.24) is 0 Å². The zero-order valence-corrected chi connectivity index (χ0v) is 11.2. The first-order valence-corrected chi connectivity index (χ1v) is 7.22. The van der Waals surface area contributed by atoms with E-state index >= 15 is 0 Å². The lowest BCUT2D eigenvalue weighted by Gasteiger charge is -2.25. The number of allylic oxidation sites excluding steroid dienone is 1. The fraction of sp³-hybridized carbons (Fsp3) is 0.867. The predicted octanol–water partition coefficient (Wildman–Crippen LogP) is 4.06. The fourth-order valence-electron chi connectivity index (χ4n) is 2.96. The van der Waals surface area contributed by atoms with Crippen molar-refractivity contribution < 1.29 is 9.47 Å². The van der Waals surface area contributed by atoms with Crippen LogP contribution in [0, 0.1) is 5.41 Å². The molecule has 2 aliphatic rings. The first-order valence-electron chi connectivity index (χ1n) is 7.22. The molecule has 2 heteroatoms. The molecule has 17 heavy (non-hydrogen) atoms. The SMILES string of the molecule is CCC1(CCCOC=C2CCCC2)CCOC1. The van der Waals surface area contributed by atoms with Crippen molar-refractivity contribution in [3.63, 3.8) is 0 Å². The van der Waals surface area contributed by atoms with Gasteiger partial charge in [0.1, 0.15) is 0 Å². The van der Waals surface area contributed by atoms with Crippen LogP contribution < -0.4 is 0 Å². The summed E-state index contributed by atoms with van der Waals surface area (Å²) in [6.07, 6.45) is 12.2. The summed E-state index contributed by atoms with van der Waals surface area (Å²) in [6.45, 7) is 5.09. The first-order chi connectivity index (χ1) is 8.35. The van der Waals surface area contributed by atoms with Crippen molar-refractivity contribution >= 4 is 0 Å². The Labute approximate surface area is 105 Å². The van der Waals surface area contributed by atoms with E-state index in [0.717, 1.165) is 19.8 Å². The van der Waals surface area contributed by atoms with Gasteiger partial charge in [0, 0.05) is 6.61 Å². The van der Waals surface area contributed by atoms with Gasteiger partial charge in [0.15, 0.2) is 0 Å². The van der Waals surface area contributed by atoms with E-state index in [-0.39, 0.29) is 0 Å². The van der Waals surface area contributed by atoms with Crippen molar-refractivity contribution in [3.8, 4) is 0 Å². The van der Waals surface area contributed by atoms with Crippen LogP contribution in [-0.4, -0.2) is 19.8 Å². The van der Waals surface area contributed by atoms with E-state index in [0.29, 0.717) is 5.41 Å². The summed E-state index contributed by atoms with van der Waals surface area (Å²) in [5.74, 6) is 0. The van der Waals surface area contributed by atoms with Crippen LogP contribution in [0.3, 0.4) is 0 Å². The lowest BCUT2D eigenvalue weighted by molar-refractivity contribution is 0.132. The Hall–Kier alpha value is -0.500. The van der Waals surface area contributed by atoms with Crippen molar-refractivity contribution in [1.29, 1.82) is 0 Å².